The topological polar surface area (TPSA) is 121 Å². The van der Waals surface area contributed by atoms with Crippen LogP contribution >= 0.6 is 0 Å². The van der Waals surface area contributed by atoms with E-state index >= 15 is 0 Å². The summed E-state index contributed by atoms with van der Waals surface area (Å²) < 4.78 is 0. The van der Waals surface area contributed by atoms with Crippen molar-refractivity contribution < 1.29 is 19.5 Å². The zero-order valence-corrected chi connectivity index (χ0v) is 14.1. The maximum atomic E-state index is 12.3. The Labute approximate surface area is 157 Å². The molecule has 0 amide bonds. The lowest BCUT2D eigenvalue weighted by Gasteiger charge is -1.99. The third-order valence-corrected chi connectivity index (χ3v) is 4.42. The normalized spacial score (nSPS) is 22.6. The third kappa shape index (κ3) is 2.47. The van der Waals surface area contributed by atoms with Gasteiger partial charge in [-0.25, -0.2) is 15.0 Å². The van der Waals surface area contributed by atoms with Gasteiger partial charge in [0.05, 0.1) is 34.2 Å². The van der Waals surface area contributed by atoms with Gasteiger partial charge in [-0.05, 0) is 48.6 Å². The van der Waals surface area contributed by atoms with Gasteiger partial charge in [0.1, 0.15) is 11.4 Å². The van der Waals surface area contributed by atoms with Crippen molar-refractivity contribution in [3.8, 4) is 0 Å². The lowest BCUT2D eigenvalue weighted by molar-refractivity contribution is -0.129. The van der Waals surface area contributed by atoms with Crippen LogP contribution in [0.25, 0.3) is 0 Å². The van der Waals surface area contributed by atoms with E-state index < -0.39 is 23.1 Å². The number of fused-ring (bicyclic) bond motifs is 5. The summed E-state index contributed by atoms with van der Waals surface area (Å²) in [5.74, 6) is -2.38. The summed E-state index contributed by atoms with van der Waals surface area (Å²) in [5.41, 5.74) is 2.13. The van der Waals surface area contributed by atoms with E-state index in [-0.39, 0.29) is 22.8 Å². The van der Waals surface area contributed by atoms with Crippen molar-refractivity contribution >= 4 is 34.5 Å². The van der Waals surface area contributed by atoms with E-state index in [1.54, 1.807) is 24.3 Å². The summed E-state index contributed by atoms with van der Waals surface area (Å²) in [4.78, 5) is 49.4. The molecule has 0 aromatic rings. The van der Waals surface area contributed by atoms with E-state index in [4.69, 9.17) is 0 Å². The number of Topliss-reactive ketones (excluding diaryl/α,β-unsaturated/α-hetero) is 3. The number of ketones is 3. The zero-order valence-electron chi connectivity index (χ0n) is 14.1. The first kappa shape index (κ1) is 16.0. The number of nitrogens with zero attached hydrogens (tertiary/aromatic N) is 3. The van der Waals surface area contributed by atoms with Crippen LogP contribution in [0.4, 0.5) is 0 Å². The van der Waals surface area contributed by atoms with Crippen molar-refractivity contribution in [1.82, 2.24) is 5.32 Å². The second-order valence-corrected chi connectivity index (χ2v) is 6.34. The first-order valence-electron chi connectivity index (χ1n) is 8.31. The lowest BCUT2D eigenvalue weighted by Crippen LogP contribution is -2.16. The highest BCUT2D eigenvalue weighted by molar-refractivity contribution is 6.73. The van der Waals surface area contributed by atoms with Crippen LogP contribution in [0.15, 0.2) is 97.8 Å². The zero-order chi connectivity index (χ0) is 19.4. The Morgan fingerprint density at radius 2 is 1.39 bits per heavy atom. The maximum Gasteiger partial charge on any atom is 0.253 e. The molecule has 0 saturated carbocycles. The fraction of sp³-hybridized carbons (Fsp3) is 0. The van der Waals surface area contributed by atoms with Crippen molar-refractivity contribution in [3.05, 3.63) is 82.9 Å². The predicted molar refractivity (Wildman–Crippen MR) is 101 cm³/mol. The van der Waals surface area contributed by atoms with Gasteiger partial charge in [-0.3, -0.25) is 14.4 Å². The molecule has 0 aromatic carbocycles. The van der Waals surface area contributed by atoms with Gasteiger partial charge in [0.15, 0.2) is 5.76 Å². The van der Waals surface area contributed by atoms with Crippen LogP contribution in [0.3, 0.4) is 0 Å². The highest BCUT2D eigenvalue weighted by Crippen LogP contribution is 2.23. The van der Waals surface area contributed by atoms with Crippen LogP contribution in [0, 0.1) is 0 Å². The van der Waals surface area contributed by atoms with Gasteiger partial charge in [0.2, 0.25) is 5.78 Å². The number of carbonyl (C=O) groups is 3. The monoisotopic (exact) mass is 370 g/mol. The molecule has 0 fully saturated rings. The Kier molecular flexibility index (Phi) is 3.23. The first-order valence-corrected chi connectivity index (χ1v) is 8.31. The first-order chi connectivity index (χ1) is 13.5. The standard InChI is InChI=1S/C20H10N4O4/c25-17-13-5-9-1-2-10(21-9)6-14-18(26)20(28)16(24-14)8-12-4-3-11(22-12)7-15(23-13)19(17)27/h1-8,23,25H. The molecule has 28 heavy (non-hydrogen) atoms. The van der Waals surface area contributed by atoms with Gasteiger partial charge in [-0.15, -0.1) is 0 Å². The molecule has 0 saturated heterocycles. The van der Waals surface area contributed by atoms with Crippen LogP contribution in [0.2, 0.25) is 0 Å². The average molecular weight is 370 g/mol. The van der Waals surface area contributed by atoms with E-state index in [1.807, 2.05) is 0 Å². The molecule has 8 nitrogen and oxygen atoms in total. The minimum Gasteiger partial charge on any atom is -0.503 e. The van der Waals surface area contributed by atoms with E-state index in [0.29, 0.717) is 22.8 Å². The SMILES string of the molecule is O=C1C(=O)C2=NC1=CC1=NC(=CC3=C(O)C(=O)C(=CC4=NC(=C2)C=C4)N3)C=C1. The third-order valence-electron chi connectivity index (χ3n) is 4.42. The molecule has 5 aliphatic rings. The molecule has 8 heteroatoms. The van der Waals surface area contributed by atoms with Gasteiger partial charge in [-0.1, -0.05) is 0 Å². The van der Waals surface area contributed by atoms with Crippen LogP contribution in [0.1, 0.15) is 0 Å². The molecule has 0 radical (unpaired) electrons. The van der Waals surface area contributed by atoms with E-state index in [2.05, 4.69) is 20.3 Å². The Bertz CT molecular complexity index is 1230. The lowest BCUT2D eigenvalue weighted by atomic mass is 10.1. The Morgan fingerprint density at radius 1 is 0.714 bits per heavy atom. The van der Waals surface area contributed by atoms with Crippen LogP contribution in [-0.2, 0) is 14.4 Å². The number of rotatable bonds is 0. The summed E-state index contributed by atoms with van der Waals surface area (Å²) in [5, 5.41) is 13.0. The summed E-state index contributed by atoms with van der Waals surface area (Å²) >= 11 is 0. The Hall–Kier alpha value is -4.20. The van der Waals surface area contributed by atoms with Crippen LogP contribution in [0.5, 0.6) is 0 Å². The second-order valence-electron chi connectivity index (χ2n) is 6.34. The van der Waals surface area contributed by atoms with E-state index in [0.717, 1.165) is 0 Å². The summed E-state index contributed by atoms with van der Waals surface area (Å²) in [6.07, 6.45) is 12.4. The molecule has 5 heterocycles. The molecule has 0 unspecified atom stereocenters. The maximum absolute atomic E-state index is 12.3. The highest BCUT2D eigenvalue weighted by atomic mass is 16.3. The fourth-order valence-corrected chi connectivity index (χ4v) is 3.06. The number of hydrogen-bond donors (Lipinski definition) is 2. The molecular weight excluding hydrogens is 360 g/mol. The molecule has 5 aliphatic heterocycles. The molecule has 0 atom stereocenters. The molecule has 2 N–H and O–H groups in total. The fourth-order valence-electron chi connectivity index (χ4n) is 3.06. The predicted octanol–water partition coefficient (Wildman–Crippen LogP) is 1.09. The average Bonchev–Trinajstić information content (AvgIpc) is 3.41. The Morgan fingerprint density at radius 3 is 2.14 bits per heavy atom. The molecule has 5 rings (SSSR count). The van der Waals surface area contributed by atoms with Crippen molar-refractivity contribution in [2.24, 2.45) is 15.0 Å². The number of aliphatic hydroxyl groups excluding tert-OH is 1. The molecule has 0 aliphatic carbocycles. The summed E-state index contributed by atoms with van der Waals surface area (Å²) in [6, 6.07) is 0. The van der Waals surface area contributed by atoms with E-state index in [1.165, 1.54) is 24.3 Å². The molecule has 8 bridgehead atoms. The molecule has 0 aromatic heterocycles. The summed E-state index contributed by atoms with van der Waals surface area (Å²) in [6.45, 7) is 0. The number of carbonyl (C=O) groups excluding carboxylic acids is 3. The van der Waals surface area contributed by atoms with Gasteiger partial charge in [0.25, 0.3) is 11.6 Å². The van der Waals surface area contributed by atoms with Crippen molar-refractivity contribution in [2.75, 3.05) is 0 Å². The smallest absolute Gasteiger partial charge is 0.253 e. The van der Waals surface area contributed by atoms with Gasteiger partial charge in [-0.2, -0.15) is 0 Å². The minimum absolute atomic E-state index is 0.00168. The number of nitrogens with one attached hydrogen (secondary N) is 1. The largest absolute Gasteiger partial charge is 0.503 e. The number of allylic oxidation sites excluding steroid dienone is 9. The highest BCUT2D eigenvalue weighted by Gasteiger charge is 2.31. The minimum atomic E-state index is -0.706. The number of hydrogen-bond acceptors (Lipinski definition) is 8. The second kappa shape index (κ2) is 5.65. The van der Waals surface area contributed by atoms with E-state index in [9.17, 15) is 19.5 Å². The van der Waals surface area contributed by atoms with Crippen LogP contribution in [-0.4, -0.2) is 39.6 Å². The van der Waals surface area contributed by atoms with Crippen molar-refractivity contribution in [1.29, 1.82) is 0 Å². The Balaban J connectivity index is 1.69. The molecule has 134 valence electrons. The van der Waals surface area contributed by atoms with Gasteiger partial charge < -0.3 is 10.4 Å². The van der Waals surface area contributed by atoms with Crippen LogP contribution < -0.4 is 5.32 Å². The summed E-state index contributed by atoms with van der Waals surface area (Å²) in [7, 11) is 0. The van der Waals surface area contributed by atoms with Crippen molar-refractivity contribution in [2.45, 2.75) is 0 Å². The molecule has 0 spiro atoms. The quantitative estimate of drug-likeness (QED) is 0.619. The van der Waals surface area contributed by atoms with Gasteiger partial charge in [0, 0.05) is 0 Å². The van der Waals surface area contributed by atoms with Crippen molar-refractivity contribution in [3.63, 3.8) is 0 Å². The molecular formula is C20H10N4O4. The number of aliphatic hydroxyl groups is 1. The number of aliphatic imine (C=N–C) groups is 3. The van der Waals surface area contributed by atoms with Gasteiger partial charge >= 0.3 is 0 Å².